The number of anilines is 1. The predicted octanol–water partition coefficient (Wildman–Crippen LogP) is 3.42. The number of para-hydroxylation sites is 1. The summed E-state index contributed by atoms with van der Waals surface area (Å²) in [6.45, 7) is -0.236. The van der Waals surface area contributed by atoms with Gasteiger partial charge in [-0.1, -0.05) is 12.1 Å². The number of urea groups is 1. The van der Waals surface area contributed by atoms with Gasteiger partial charge < -0.3 is 19.5 Å². The number of hydrogen-bond acceptors (Lipinski definition) is 6. The largest absolute Gasteiger partial charge is 0.493 e. The maximum atomic E-state index is 12.6. The van der Waals surface area contributed by atoms with Crippen LogP contribution in [0, 0.1) is 13.8 Å². The maximum absolute atomic E-state index is 12.6. The Labute approximate surface area is 171 Å². The first-order chi connectivity index (χ1) is 14.2. The number of carbonyl (C=O) groups is 3. The van der Waals surface area contributed by atoms with Crippen molar-refractivity contribution in [3.8, 4) is 11.5 Å². The van der Waals surface area contributed by atoms with E-state index in [1.54, 1.807) is 12.1 Å². The van der Waals surface area contributed by atoms with E-state index in [0.717, 1.165) is 11.1 Å². The van der Waals surface area contributed by atoms with Crippen LogP contribution in [-0.4, -0.2) is 38.2 Å². The number of methoxy groups -OCH3 is 1. The van der Waals surface area contributed by atoms with E-state index in [1.165, 1.54) is 25.3 Å². The van der Waals surface area contributed by atoms with Gasteiger partial charge in [0.25, 0.3) is 5.91 Å². The van der Waals surface area contributed by atoms with E-state index in [4.69, 9.17) is 9.47 Å². The lowest BCUT2D eigenvalue weighted by Crippen LogP contribution is -2.37. The van der Waals surface area contributed by atoms with Crippen molar-refractivity contribution >= 4 is 23.6 Å². The minimum Gasteiger partial charge on any atom is -0.493 e. The summed E-state index contributed by atoms with van der Waals surface area (Å²) in [5.74, 6) is -2.65. The number of hydrogen-bond donors (Lipinski definition) is 2. The Kier molecular flexibility index (Phi) is 7.68. The molecule has 160 valence electrons. The summed E-state index contributed by atoms with van der Waals surface area (Å²) >= 11 is 0. The third-order valence-corrected chi connectivity index (χ3v) is 3.98. The normalized spacial score (nSPS) is 10.3. The Morgan fingerprint density at radius 3 is 2.43 bits per heavy atom. The van der Waals surface area contributed by atoms with Crippen LogP contribution in [0.5, 0.6) is 11.5 Å². The molecule has 0 radical (unpaired) electrons. The van der Waals surface area contributed by atoms with Gasteiger partial charge in [0.2, 0.25) is 0 Å². The number of benzene rings is 2. The summed E-state index contributed by atoms with van der Waals surface area (Å²) in [4.78, 5) is 35.9. The molecule has 3 amide bonds. The maximum Gasteiger partial charge on any atom is 0.387 e. The lowest BCUT2D eigenvalue weighted by molar-refractivity contribution is -0.123. The minimum atomic E-state index is -3.20. The molecule has 30 heavy (non-hydrogen) atoms. The standard InChI is InChI=1S/C20H20F2N2O6/c1-11-7-8-13(9-12(11)2)23-20(27)24-16(25)10-29-18(26)14-5-4-6-15(28-3)17(14)30-19(21)22/h4-9,19H,10H2,1-3H3,(H2,23,24,25,27). The van der Waals surface area contributed by atoms with Crippen molar-refractivity contribution in [2.75, 3.05) is 19.0 Å². The van der Waals surface area contributed by atoms with E-state index in [-0.39, 0.29) is 11.3 Å². The molecule has 0 spiro atoms. The van der Waals surface area contributed by atoms with E-state index in [2.05, 4.69) is 10.1 Å². The molecule has 0 heterocycles. The molecule has 0 aliphatic heterocycles. The van der Waals surface area contributed by atoms with Gasteiger partial charge in [-0.3, -0.25) is 10.1 Å². The summed E-state index contributed by atoms with van der Waals surface area (Å²) in [6.07, 6.45) is 0. The summed E-state index contributed by atoms with van der Waals surface area (Å²) < 4.78 is 39.2. The van der Waals surface area contributed by atoms with E-state index in [1.807, 2.05) is 25.2 Å². The van der Waals surface area contributed by atoms with Crippen LogP contribution in [0.2, 0.25) is 0 Å². The molecule has 0 aliphatic carbocycles. The molecule has 0 saturated heterocycles. The second kappa shape index (κ2) is 10.2. The minimum absolute atomic E-state index is 0.109. The molecule has 0 fully saturated rings. The van der Waals surface area contributed by atoms with Crippen LogP contribution in [0.3, 0.4) is 0 Å². The van der Waals surface area contributed by atoms with Crippen LogP contribution < -0.4 is 20.1 Å². The molecule has 0 bridgehead atoms. The van der Waals surface area contributed by atoms with Gasteiger partial charge >= 0.3 is 18.6 Å². The van der Waals surface area contributed by atoms with Crippen LogP contribution in [0.15, 0.2) is 36.4 Å². The molecular weight excluding hydrogens is 402 g/mol. The number of ether oxygens (including phenoxy) is 3. The SMILES string of the molecule is COc1cccc(C(=O)OCC(=O)NC(=O)Nc2ccc(C)c(C)c2)c1OC(F)F. The second-order valence-electron chi connectivity index (χ2n) is 6.09. The van der Waals surface area contributed by atoms with Gasteiger partial charge in [-0.25, -0.2) is 9.59 Å². The summed E-state index contributed by atoms with van der Waals surface area (Å²) in [6, 6.07) is 8.24. The van der Waals surface area contributed by atoms with Gasteiger partial charge in [-0.05, 0) is 49.2 Å². The number of rotatable bonds is 7. The Morgan fingerprint density at radius 2 is 1.80 bits per heavy atom. The quantitative estimate of drug-likeness (QED) is 0.663. The monoisotopic (exact) mass is 422 g/mol. The average molecular weight is 422 g/mol. The Morgan fingerprint density at radius 1 is 1.07 bits per heavy atom. The molecular formula is C20H20F2N2O6. The molecule has 2 aromatic rings. The van der Waals surface area contributed by atoms with Crippen LogP contribution in [0.4, 0.5) is 19.3 Å². The van der Waals surface area contributed by atoms with Crippen LogP contribution in [-0.2, 0) is 9.53 Å². The summed E-state index contributed by atoms with van der Waals surface area (Å²) in [5.41, 5.74) is 2.11. The Balaban J connectivity index is 1.95. The Bertz CT molecular complexity index is 949. The van der Waals surface area contributed by atoms with Crippen molar-refractivity contribution in [2.24, 2.45) is 0 Å². The van der Waals surface area contributed by atoms with Gasteiger partial charge in [0, 0.05) is 5.69 Å². The number of amides is 3. The first-order valence-corrected chi connectivity index (χ1v) is 8.68. The zero-order chi connectivity index (χ0) is 22.3. The zero-order valence-corrected chi connectivity index (χ0v) is 16.5. The van der Waals surface area contributed by atoms with Crippen molar-refractivity contribution in [3.05, 3.63) is 53.1 Å². The average Bonchev–Trinajstić information content (AvgIpc) is 2.68. The molecule has 0 aliphatic rings. The molecule has 0 unspecified atom stereocenters. The molecule has 10 heteroatoms. The first-order valence-electron chi connectivity index (χ1n) is 8.68. The van der Waals surface area contributed by atoms with Crippen molar-refractivity contribution in [1.29, 1.82) is 0 Å². The van der Waals surface area contributed by atoms with Crippen molar-refractivity contribution < 1.29 is 37.4 Å². The van der Waals surface area contributed by atoms with Crippen LogP contribution in [0.25, 0.3) is 0 Å². The molecule has 0 atom stereocenters. The van der Waals surface area contributed by atoms with E-state index < -0.39 is 36.9 Å². The number of aryl methyl sites for hydroxylation is 2. The summed E-state index contributed by atoms with van der Waals surface area (Å²) in [7, 11) is 1.21. The highest BCUT2D eigenvalue weighted by Gasteiger charge is 2.22. The number of alkyl halides is 2. The number of esters is 1. The fourth-order valence-corrected chi connectivity index (χ4v) is 2.40. The number of halogens is 2. The van der Waals surface area contributed by atoms with Gasteiger partial charge in [-0.15, -0.1) is 0 Å². The molecule has 2 N–H and O–H groups in total. The van der Waals surface area contributed by atoms with Crippen molar-refractivity contribution in [2.45, 2.75) is 20.5 Å². The fraction of sp³-hybridized carbons (Fsp3) is 0.250. The highest BCUT2D eigenvalue weighted by Crippen LogP contribution is 2.32. The topological polar surface area (TPSA) is 103 Å². The Hall–Kier alpha value is -3.69. The van der Waals surface area contributed by atoms with E-state index >= 15 is 0 Å². The smallest absolute Gasteiger partial charge is 0.387 e. The predicted molar refractivity (Wildman–Crippen MR) is 103 cm³/mol. The van der Waals surface area contributed by atoms with Crippen molar-refractivity contribution in [3.63, 3.8) is 0 Å². The number of imide groups is 1. The lowest BCUT2D eigenvalue weighted by Gasteiger charge is -2.13. The lowest BCUT2D eigenvalue weighted by atomic mass is 10.1. The van der Waals surface area contributed by atoms with Gasteiger partial charge in [-0.2, -0.15) is 8.78 Å². The molecule has 0 aromatic heterocycles. The van der Waals surface area contributed by atoms with Crippen LogP contribution >= 0.6 is 0 Å². The van der Waals surface area contributed by atoms with Gasteiger partial charge in [0.1, 0.15) is 5.56 Å². The number of carbonyl (C=O) groups excluding carboxylic acids is 3. The summed E-state index contributed by atoms with van der Waals surface area (Å²) in [5, 5.41) is 4.47. The highest BCUT2D eigenvalue weighted by molar-refractivity contribution is 6.02. The van der Waals surface area contributed by atoms with Crippen LogP contribution in [0.1, 0.15) is 21.5 Å². The molecule has 2 rings (SSSR count). The van der Waals surface area contributed by atoms with Gasteiger partial charge in [0.05, 0.1) is 7.11 Å². The van der Waals surface area contributed by atoms with Crippen molar-refractivity contribution in [1.82, 2.24) is 5.32 Å². The van der Waals surface area contributed by atoms with Gasteiger partial charge in [0.15, 0.2) is 18.1 Å². The first kappa shape index (κ1) is 22.6. The third-order valence-electron chi connectivity index (χ3n) is 3.98. The highest BCUT2D eigenvalue weighted by atomic mass is 19.3. The third kappa shape index (κ3) is 6.16. The fourth-order valence-electron chi connectivity index (χ4n) is 2.40. The second-order valence-corrected chi connectivity index (χ2v) is 6.09. The molecule has 0 saturated carbocycles. The van der Waals surface area contributed by atoms with E-state index in [9.17, 15) is 23.2 Å². The molecule has 2 aromatic carbocycles. The molecule has 8 nitrogen and oxygen atoms in total. The number of nitrogens with one attached hydrogen (secondary N) is 2. The van der Waals surface area contributed by atoms with E-state index in [0.29, 0.717) is 5.69 Å². The zero-order valence-electron chi connectivity index (χ0n) is 16.5.